The Balaban J connectivity index is 0. The molecule has 0 aliphatic heterocycles. The molecule has 34 heavy (non-hydrogen) atoms. The molecule has 2 rings (SSSR count). The Labute approximate surface area is 207 Å². The summed E-state index contributed by atoms with van der Waals surface area (Å²) in [6.07, 6.45) is 7.43. The molecule has 2 aromatic carbocycles. The maximum absolute atomic E-state index is 11.4. The number of unbranched alkanes of at least 4 members (excludes halogenated alkanes) is 3. The molecule has 2 N–H and O–H groups in total. The van der Waals surface area contributed by atoms with Crippen molar-refractivity contribution in [3.8, 4) is 0 Å². The smallest absolute Gasteiger partial charge is 0.308 e. The van der Waals surface area contributed by atoms with E-state index in [0.717, 1.165) is 25.5 Å². The van der Waals surface area contributed by atoms with E-state index in [1.807, 2.05) is 64.3 Å². The number of rotatable bonds is 11. The highest BCUT2D eigenvalue weighted by atomic mass is 16.5. The minimum Gasteiger partial charge on any atom is -0.466 e. The van der Waals surface area contributed by atoms with Gasteiger partial charge in [0.25, 0.3) is 0 Å². The first kappa shape index (κ1) is 33.7. The zero-order chi connectivity index (χ0) is 25.9. The topological polar surface area (TPSA) is 75.6 Å². The molecule has 0 aromatic heterocycles. The highest BCUT2D eigenvalue weighted by Crippen LogP contribution is 2.13. The predicted molar refractivity (Wildman–Crippen MR) is 143 cm³/mol. The summed E-state index contributed by atoms with van der Waals surface area (Å²) in [5, 5.41) is 10.8. The highest BCUT2D eigenvalue weighted by molar-refractivity contribution is 5.71. The number of aldehydes is 1. The Kier molecular flexibility index (Phi) is 26.5. The molecular weight excluding hydrogens is 426 g/mol. The minimum atomic E-state index is -0.0546. The summed E-state index contributed by atoms with van der Waals surface area (Å²) in [5.41, 5.74) is 2.72. The lowest BCUT2D eigenvalue weighted by molar-refractivity contribution is -0.147. The van der Waals surface area contributed by atoms with Crippen molar-refractivity contribution in [2.24, 2.45) is 5.92 Å². The fourth-order valence-electron chi connectivity index (χ4n) is 2.67. The van der Waals surface area contributed by atoms with E-state index in [9.17, 15) is 9.59 Å². The molecule has 0 amide bonds. The maximum atomic E-state index is 11.4. The number of nitrogens with one attached hydrogen (secondary N) is 1. The number of aliphatic hydroxyl groups is 1. The van der Waals surface area contributed by atoms with Crippen LogP contribution in [0.1, 0.15) is 63.5 Å². The van der Waals surface area contributed by atoms with Crippen molar-refractivity contribution in [1.82, 2.24) is 5.32 Å². The molecule has 5 heteroatoms. The number of ether oxygens (including phenoxy) is 1. The molecule has 5 nitrogen and oxygen atoms in total. The van der Waals surface area contributed by atoms with E-state index >= 15 is 0 Å². The molecule has 0 heterocycles. The third-order valence-electron chi connectivity index (χ3n) is 4.56. The molecule has 1 unspecified atom stereocenters. The van der Waals surface area contributed by atoms with Gasteiger partial charge in [0.1, 0.15) is 6.29 Å². The number of aliphatic hydroxyl groups excluding tert-OH is 1. The van der Waals surface area contributed by atoms with Crippen LogP contribution in [-0.2, 0) is 20.7 Å². The van der Waals surface area contributed by atoms with Crippen molar-refractivity contribution in [2.45, 2.75) is 65.7 Å². The van der Waals surface area contributed by atoms with Crippen LogP contribution in [0, 0.1) is 12.8 Å². The van der Waals surface area contributed by atoms with Gasteiger partial charge in [0.05, 0.1) is 12.5 Å². The lowest BCUT2D eigenvalue weighted by atomic mass is 10.0. The number of carbonyl (C=O) groups excluding carboxylic acids is 2. The van der Waals surface area contributed by atoms with Gasteiger partial charge < -0.3 is 20.0 Å². The van der Waals surface area contributed by atoms with Gasteiger partial charge in [0.15, 0.2) is 0 Å². The fraction of sp³-hybridized carbons (Fsp3) is 0.517. The Morgan fingerprint density at radius 1 is 0.971 bits per heavy atom. The normalized spacial score (nSPS) is 10.2. The van der Waals surface area contributed by atoms with Crippen LogP contribution in [-0.4, -0.2) is 44.7 Å². The van der Waals surface area contributed by atoms with E-state index < -0.39 is 0 Å². The van der Waals surface area contributed by atoms with Crippen molar-refractivity contribution in [2.75, 3.05) is 27.3 Å². The average Bonchev–Trinajstić information content (AvgIpc) is 2.86. The van der Waals surface area contributed by atoms with Crippen molar-refractivity contribution < 1.29 is 19.4 Å². The van der Waals surface area contributed by atoms with Crippen molar-refractivity contribution in [3.63, 3.8) is 0 Å². The Bertz CT molecular complexity index is 648. The number of aryl methyl sites for hydroxylation is 2. The third-order valence-corrected chi connectivity index (χ3v) is 4.56. The van der Waals surface area contributed by atoms with E-state index in [1.165, 1.54) is 24.0 Å². The summed E-state index contributed by atoms with van der Waals surface area (Å²) in [4.78, 5) is 20.9. The molecular formula is C29H47NO4. The molecule has 0 radical (unpaired) electrons. The molecule has 0 aliphatic carbocycles. The second kappa shape index (κ2) is 26.7. The van der Waals surface area contributed by atoms with Gasteiger partial charge in [-0.25, -0.2) is 0 Å². The van der Waals surface area contributed by atoms with Gasteiger partial charge in [0.2, 0.25) is 0 Å². The molecule has 0 saturated heterocycles. The van der Waals surface area contributed by atoms with E-state index in [2.05, 4.69) is 36.5 Å². The van der Waals surface area contributed by atoms with Crippen LogP contribution in [0.2, 0.25) is 0 Å². The monoisotopic (exact) mass is 473 g/mol. The zero-order valence-corrected chi connectivity index (χ0v) is 22.0. The average molecular weight is 474 g/mol. The van der Waals surface area contributed by atoms with Crippen LogP contribution in [0.5, 0.6) is 0 Å². The van der Waals surface area contributed by atoms with Gasteiger partial charge in [-0.1, -0.05) is 86.0 Å². The van der Waals surface area contributed by atoms with Crippen LogP contribution in [0.25, 0.3) is 0 Å². The van der Waals surface area contributed by atoms with E-state index in [-0.39, 0.29) is 18.5 Å². The number of benzene rings is 2. The molecule has 0 spiro atoms. The predicted octanol–water partition coefficient (Wildman–Crippen LogP) is 5.78. The van der Waals surface area contributed by atoms with E-state index in [0.29, 0.717) is 19.4 Å². The van der Waals surface area contributed by atoms with Crippen molar-refractivity contribution in [3.05, 3.63) is 71.8 Å². The van der Waals surface area contributed by atoms with Crippen molar-refractivity contribution in [1.29, 1.82) is 0 Å². The zero-order valence-electron chi connectivity index (χ0n) is 22.0. The second-order valence-corrected chi connectivity index (χ2v) is 7.93. The molecule has 0 bridgehead atoms. The Hall–Kier alpha value is -2.50. The van der Waals surface area contributed by atoms with Gasteiger partial charge in [-0.3, -0.25) is 4.79 Å². The largest absolute Gasteiger partial charge is 0.466 e. The first-order valence-corrected chi connectivity index (χ1v) is 12.3. The van der Waals surface area contributed by atoms with Crippen LogP contribution < -0.4 is 5.32 Å². The summed E-state index contributed by atoms with van der Waals surface area (Å²) in [7, 11) is 3.75. The van der Waals surface area contributed by atoms with Crippen LogP contribution in [0.4, 0.5) is 0 Å². The molecule has 0 fully saturated rings. The Morgan fingerprint density at radius 3 is 1.91 bits per heavy atom. The maximum Gasteiger partial charge on any atom is 0.308 e. The van der Waals surface area contributed by atoms with Gasteiger partial charge in [-0.15, -0.1) is 0 Å². The highest BCUT2D eigenvalue weighted by Gasteiger charge is 2.12. The third kappa shape index (κ3) is 24.1. The first-order chi connectivity index (χ1) is 16.5. The lowest BCUT2D eigenvalue weighted by Gasteiger charge is -2.09. The van der Waals surface area contributed by atoms with Crippen molar-refractivity contribution >= 4 is 12.3 Å². The molecule has 192 valence electrons. The van der Waals surface area contributed by atoms with Crippen LogP contribution >= 0.6 is 0 Å². The molecule has 0 saturated carbocycles. The minimum absolute atomic E-state index is 0.0410. The summed E-state index contributed by atoms with van der Waals surface area (Å²) in [5.74, 6) is -0.0136. The molecule has 0 aliphatic rings. The summed E-state index contributed by atoms with van der Waals surface area (Å²) in [6, 6.07) is 20.7. The second-order valence-electron chi connectivity index (χ2n) is 7.93. The number of hydrogen-bond donors (Lipinski definition) is 2. The van der Waals surface area contributed by atoms with Crippen LogP contribution in [0.3, 0.4) is 0 Å². The summed E-state index contributed by atoms with van der Waals surface area (Å²) in [6.45, 7) is 6.53. The lowest BCUT2D eigenvalue weighted by Crippen LogP contribution is -2.14. The molecule has 2 aromatic rings. The number of hydrogen-bond acceptors (Lipinski definition) is 5. The number of carbonyl (C=O) groups is 2. The van der Waals surface area contributed by atoms with Gasteiger partial charge >= 0.3 is 5.97 Å². The first-order valence-electron chi connectivity index (χ1n) is 12.3. The van der Waals surface area contributed by atoms with Crippen LogP contribution in [0.15, 0.2) is 60.7 Å². The van der Waals surface area contributed by atoms with Gasteiger partial charge in [-0.2, -0.15) is 0 Å². The number of esters is 1. The standard InChI is InChI=1S/C17H26O2.C6H6.C4H8O2.C2H7N/c1-4-19-17(18)15(3)8-6-5-7-9-16-12-10-14(2)11-13-16;1-2-4-6-5-3-1;5-3-1-2-4-6;1-3-2/h10-13,15H,4-9H2,1-3H3;1-6H;3,6H,1-2,4H2;3H,1-2H3. The fourth-order valence-corrected chi connectivity index (χ4v) is 2.67. The quantitative estimate of drug-likeness (QED) is 0.246. The summed E-state index contributed by atoms with van der Waals surface area (Å²) >= 11 is 0. The Morgan fingerprint density at radius 2 is 1.50 bits per heavy atom. The van der Waals surface area contributed by atoms with Gasteiger partial charge in [0, 0.05) is 13.0 Å². The molecule has 1 atom stereocenters. The van der Waals surface area contributed by atoms with E-state index in [4.69, 9.17) is 9.84 Å². The summed E-state index contributed by atoms with van der Waals surface area (Å²) < 4.78 is 5.00. The van der Waals surface area contributed by atoms with E-state index in [1.54, 1.807) is 0 Å². The van der Waals surface area contributed by atoms with Gasteiger partial charge in [-0.05, 0) is 59.2 Å². The SMILES string of the molecule is CCOC(=O)C(C)CCCCCc1ccc(C)cc1.CNC.O=CCCCO.c1ccccc1.